The number of benzene rings is 4. The number of fused-ring (bicyclic) bond motifs is 4. The molecule has 6 aromatic carbocycles. The van der Waals surface area contributed by atoms with Gasteiger partial charge in [0.1, 0.15) is 0 Å². The van der Waals surface area contributed by atoms with Crippen molar-refractivity contribution in [3.05, 3.63) is 161 Å². The van der Waals surface area contributed by atoms with Crippen molar-refractivity contribution in [1.29, 1.82) is 0 Å². The molecule has 3 heteroatoms. The molecule has 244 valence electrons. The second-order valence-corrected chi connectivity index (χ2v) is 16.2. The van der Waals surface area contributed by atoms with E-state index in [0.29, 0.717) is 11.8 Å². The normalized spacial score (nSPS) is 16.4. The zero-order chi connectivity index (χ0) is 33.2. The van der Waals surface area contributed by atoms with Gasteiger partial charge in [0.05, 0.1) is 0 Å². The fourth-order valence-electron chi connectivity index (χ4n) is 7.83. The van der Waals surface area contributed by atoms with Crippen LogP contribution in [0.15, 0.2) is 109 Å². The fourth-order valence-corrected chi connectivity index (χ4v) is 7.83. The van der Waals surface area contributed by atoms with Gasteiger partial charge in [0.25, 0.3) is 0 Å². The Labute approximate surface area is 301 Å². The van der Waals surface area contributed by atoms with Crippen molar-refractivity contribution in [3.63, 3.8) is 0 Å². The molecule has 0 bridgehead atoms. The second-order valence-electron chi connectivity index (χ2n) is 12.5. The van der Waals surface area contributed by atoms with Crippen molar-refractivity contribution in [3.8, 4) is 0 Å². The van der Waals surface area contributed by atoms with Crippen LogP contribution in [0.5, 0.6) is 0 Å². The van der Waals surface area contributed by atoms with Crippen LogP contribution < -0.4 is 0 Å². The molecule has 0 aliphatic heterocycles. The molecule has 2 atom stereocenters. The van der Waals surface area contributed by atoms with Gasteiger partial charge < -0.3 is 6.92 Å². The van der Waals surface area contributed by atoms with Gasteiger partial charge in [-0.2, -0.15) is 52.4 Å². The van der Waals surface area contributed by atoms with E-state index in [-0.39, 0.29) is 0 Å². The van der Waals surface area contributed by atoms with Gasteiger partial charge in [0.2, 0.25) is 0 Å². The Kier molecular flexibility index (Phi) is 13.6. The quantitative estimate of drug-likeness (QED) is 0.158. The summed E-state index contributed by atoms with van der Waals surface area (Å²) in [5.74, 6) is 1.17. The number of halogens is 2. The predicted molar refractivity (Wildman–Crippen MR) is 203 cm³/mol. The molecule has 0 heterocycles. The second kappa shape index (κ2) is 17.8. The first-order valence-corrected chi connectivity index (χ1v) is 23.7. The van der Waals surface area contributed by atoms with E-state index in [4.69, 9.17) is 17.0 Å². The number of hydrogen-bond donors (Lipinski definition) is 0. The van der Waals surface area contributed by atoms with Crippen LogP contribution in [-0.2, 0) is 46.5 Å². The molecular formula is C44H47Cl2Zr-3. The monoisotopic (exact) mass is 735 g/mol. The molecule has 8 rings (SSSR count). The number of hydrogen-bond acceptors (Lipinski definition) is 0. The minimum absolute atomic E-state index is 0.583. The summed E-state index contributed by atoms with van der Waals surface area (Å²) in [4.78, 5) is 0. The maximum absolute atomic E-state index is 4.93. The van der Waals surface area contributed by atoms with E-state index in [1.165, 1.54) is 82.3 Å². The van der Waals surface area contributed by atoms with Crippen molar-refractivity contribution >= 4 is 38.6 Å². The van der Waals surface area contributed by atoms with Crippen LogP contribution in [0.25, 0.3) is 21.5 Å². The molecule has 0 aromatic heterocycles. The SMILES string of the molecule is CCc1cc2c([cH-]1)CCCC2c1cccc2ccccc12.CCc1cc2c([cH-]1)CCCC2c1cccc2ccccc12.[CH2-]C.[Cl][Zr][Cl]. The number of aryl methyl sites for hydroxylation is 4. The Morgan fingerprint density at radius 2 is 0.979 bits per heavy atom. The Morgan fingerprint density at radius 1 is 0.596 bits per heavy atom. The topological polar surface area (TPSA) is 0 Å². The Morgan fingerprint density at radius 3 is 1.38 bits per heavy atom. The molecule has 0 nitrogen and oxygen atoms in total. The third-order valence-electron chi connectivity index (χ3n) is 9.99. The third kappa shape index (κ3) is 8.24. The van der Waals surface area contributed by atoms with Gasteiger partial charge in [-0.25, -0.2) is 12.1 Å². The zero-order valence-electron chi connectivity index (χ0n) is 28.2. The molecule has 2 aliphatic carbocycles. The Bertz CT molecular complexity index is 1710. The van der Waals surface area contributed by atoms with Crippen LogP contribution >= 0.6 is 17.0 Å². The first-order chi connectivity index (χ1) is 23.1. The summed E-state index contributed by atoms with van der Waals surface area (Å²) in [7, 11) is 9.87. The molecule has 2 unspecified atom stereocenters. The minimum atomic E-state index is -0.826. The fraction of sp³-hybridized carbons (Fsp3) is 0.295. The molecule has 0 N–H and O–H groups in total. The summed E-state index contributed by atoms with van der Waals surface area (Å²) in [5.41, 5.74) is 12.4. The van der Waals surface area contributed by atoms with Gasteiger partial charge in [-0.1, -0.05) is 150 Å². The predicted octanol–water partition coefficient (Wildman–Crippen LogP) is 13.4. The summed E-state index contributed by atoms with van der Waals surface area (Å²) >= 11 is -0.826. The molecule has 0 saturated carbocycles. The molecule has 47 heavy (non-hydrogen) atoms. The standard InChI is InChI=1S/2C21H21.C2H5.2ClH.Zr/c2*1-2-15-13-17-9-6-12-20(21(17)14-15)19-11-5-8-16-7-3-4-10-18(16)19;1-2;;;/h2*3-5,7-8,10-11,13-14,20H,2,6,9,12H2,1H3;1H2,2H3;2*1H;/q3*-1;;;+2/p-2. The molecule has 0 saturated heterocycles. The molecule has 2 aliphatic rings. The summed E-state index contributed by atoms with van der Waals surface area (Å²) in [6, 6.07) is 41.0. The van der Waals surface area contributed by atoms with Crippen LogP contribution in [0.4, 0.5) is 0 Å². The van der Waals surface area contributed by atoms with E-state index in [1.807, 2.05) is 0 Å². The Balaban J connectivity index is 0.000000163. The summed E-state index contributed by atoms with van der Waals surface area (Å²) < 4.78 is 0. The van der Waals surface area contributed by atoms with E-state index in [0.717, 1.165) is 12.8 Å². The summed E-state index contributed by atoms with van der Waals surface area (Å²) in [6.07, 6.45) is 10.0. The van der Waals surface area contributed by atoms with E-state index < -0.39 is 20.8 Å². The van der Waals surface area contributed by atoms with E-state index >= 15 is 0 Å². The van der Waals surface area contributed by atoms with Gasteiger partial charge in [-0.15, -0.1) is 0 Å². The molecule has 0 amide bonds. The summed E-state index contributed by atoms with van der Waals surface area (Å²) in [5, 5.41) is 5.59. The van der Waals surface area contributed by atoms with Crippen LogP contribution in [0, 0.1) is 6.92 Å². The average molecular weight is 738 g/mol. The van der Waals surface area contributed by atoms with Gasteiger partial charge in [-0.3, -0.25) is 0 Å². The zero-order valence-corrected chi connectivity index (χ0v) is 32.1. The Hall–Kier alpha value is -2.44. The molecule has 0 radical (unpaired) electrons. The number of rotatable bonds is 4. The van der Waals surface area contributed by atoms with Gasteiger partial charge in [0.15, 0.2) is 0 Å². The van der Waals surface area contributed by atoms with Gasteiger partial charge in [-0.05, 0) is 44.5 Å². The van der Waals surface area contributed by atoms with E-state index in [1.54, 1.807) is 29.2 Å². The van der Waals surface area contributed by atoms with Gasteiger partial charge in [0, 0.05) is 0 Å². The molecule has 0 fully saturated rings. The maximum atomic E-state index is 4.93. The van der Waals surface area contributed by atoms with Crippen LogP contribution in [-0.4, -0.2) is 0 Å². The van der Waals surface area contributed by atoms with E-state index in [2.05, 4.69) is 130 Å². The molecular weight excluding hydrogens is 691 g/mol. The first-order valence-electron chi connectivity index (χ1n) is 17.3. The van der Waals surface area contributed by atoms with Gasteiger partial charge >= 0.3 is 37.9 Å². The average Bonchev–Trinajstić information content (AvgIpc) is 3.77. The van der Waals surface area contributed by atoms with Crippen molar-refractivity contribution in [2.45, 2.75) is 84.0 Å². The van der Waals surface area contributed by atoms with E-state index in [9.17, 15) is 0 Å². The summed E-state index contributed by atoms with van der Waals surface area (Å²) in [6.45, 7) is 9.52. The molecule has 6 aromatic rings. The molecule has 0 spiro atoms. The van der Waals surface area contributed by atoms with Crippen LogP contribution in [0.2, 0.25) is 0 Å². The third-order valence-corrected chi connectivity index (χ3v) is 9.99. The van der Waals surface area contributed by atoms with Crippen LogP contribution in [0.1, 0.15) is 103 Å². The van der Waals surface area contributed by atoms with Crippen molar-refractivity contribution in [2.24, 2.45) is 0 Å². The first kappa shape index (κ1) is 35.9. The van der Waals surface area contributed by atoms with Crippen molar-refractivity contribution < 1.29 is 20.8 Å². The van der Waals surface area contributed by atoms with Crippen molar-refractivity contribution in [1.82, 2.24) is 0 Å². The van der Waals surface area contributed by atoms with Crippen LogP contribution in [0.3, 0.4) is 0 Å². The van der Waals surface area contributed by atoms with Crippen molar-refractivity contribution in [2.75, 3.05) is 0 Å².